The van der Waals surface area contributed by atoms with Crippen LogP contribution in [-0.4, -0.2) is 10.8 Å². The number of hydrogen-bond acceptors (Lipinski definition) is 3. The Labute approximate surface area is 81.0 Å². The maximum Gasteiger partial charge on any atom is 0.165 e. The van der Waals surface area contributed by atoms with E-state index in [0.29, 0.717) is 12.0 Å². The summed E-state index contributed by atoms with van der Waals surface area (Å²) in [5, 5.41) is 8.60. The number of nitriles is 1. The van der Waals surface area contributed by atoms with Gasteiger partial charge in [0.2, 0.25) is 0 Å². The van der Waals surface area contributed by atoms with E-state index < -0.39 is 0 Å². The van der Waals surface area contributed by atoms with Crippen LogP contribution in [0, 0.1) is 11.3 Å². The van der Waals surface area contributed by atoms with Gasteiger partial charge < -0.3 is 0 Å². The van der Waals surface area contributed by atoms with Crippen LogP contribution in [0.2, 0.25) is 5.15 Å². The van der Waals surface area contributed by atoms with Gasteiger partial charge in [-0.2, -0.15) is 5.26 Å². The van der Waals surface area contributed by atoms with E-state index in [1.54, 1.807) is 6.92 Å². The molecule has 66 valence electrons. The Kier molecular flexibility index (Phi) is 2.99. The van der Waals surface area contributed by atoms with Crippen molar-refractivity contribution in [1.82, 2.24) is 4.98 Å². The van der Waals surface area contributed by atoms with Crippen molar-refractivity contribution in [2.45, 2.75) is 13.3 Å². The van der Waals surface area contributed by atoms with Gasteiger partial charge in [-0.05, 0) is 12.1 Å². The Hall–Kier alpha value is -1.40. The number of pyridine rings is 1. The van der Waals surface area contributed by atoms with Gasteiger partial charge in [0.25, 0.3) is 0 Å². The number of carbonyl (C=O) groups is 1. The average molecular weight is 195 g/mol. The molecule has 0 fully saturated rings. The first-order valence-electron chi connectivity index (χ1n) is 3.79. The Morgan fingerprint density at radius 3 is 2.85 bits per heavy atom. The summed E-state index contributed by atoms with van der Waals surface area (Å²) in [5.41, 5.74) is 0.598. The lowest BCUT2D eigenvalue weighted by molar-refractivity contribution is 0.0988. The maximum absolute atomic E-state index is 11.2. The summed E-state index contributed by atoms with van der Waals surface area (Å²) >= 11 is 5.70. The molecule has 0 aliphatic carbocycles. The van der Waals surface area contributed by atoms with Crippen LogP contribution in [0.5, 0.6) is 0 Å². The van der Waals surface area contributed by atoms with Crippen LogP contribution in [0.1, 0.15) is 29.4 Å². The van der Waals surface area contributed by atoms with E-state index in [4.69, 9.17) is 16.9 Å². The molecule has 0 saturated carbocycles. The number of halogens is 1. The molecule has 0 amide bonds. The van der Waals surface area contributed by atoms with Crippen molar-refractivity contribution >= 4 is 17.4 Å². The number of aromatic nitrogens is 1. The zero-order valence-corrected chi connectivity index (χ0v) is 7.80. The molecule has 1 aromatic rings. The quantitative estimate of drug-likeness (QED) is 0.536. The molecule has 0 aromatic carbocycles. The van der Waals surface area contributed by atoms with E-state index >= 15 is 0 Å². The summed E-state index contributed by atoms with van der Waals surface area (Å²) in [6.07, 6.45) is 0.382. The lowest BCUT2D eigenvalue weighted by Crippen LogP contribution is -1.99. The van der Waals surface area contributed by atoms with Crippen LogP contribution in [0.25, 0.3) is 0 Å². The van der Waals surface area contributed by atoms with Gasteiger partial charge in [-0.25, -0.2) is 4.98 Å². The molecule has 13 heavy (non-hydrogen) atoms. The first-order chi connectivity index (χ1) is 6.19. The summed E-state index contributed by atoms with van der Waals surface area (Å²) in [5.74, 6) is -0.0676. The lowest BCUT2D eigenvalue weighted by Gasteiger charge is -1.99. The van der Waals surface area contributed by atoms with Gasteiger partial charge in [0.15, 0.2) is 5.78 Å². The molecule has 0 N–H and O–H groups in total. The summed E-state index contributed by atoms with van der Waals surface area (Å²) in [6, 6.07) is 4.85. The highest BCUT2D eigenvalue weighted by atomic mass is 35.5. The van der Waals surface area contributed by atoms with Gasteiger partial charge in [-0.1, -0.05) is 18.5 Å². The molecule has 1 heterocycles. The van der Waals surface area contributed by atoms with Gasteiger partial charge in [0.1, 0.15) is 16.9 Å². The SMILES string of the molecule is CCC(=O)c1ccc(C#N)nc1Cl. The van der Waals surface area contributed by atoms with Gasteiger partial charge in [-0.3, -0.25) is 4.79 Å². The highest BCUT2D eigenvalue weighted by molar-refractivity contribution is 6.32. The van der Waals surface area contributed by atoms with Crippen LogP contribution in [0.4, 0.5) is 0 Å². The zero-order chi connectivity index (χ0) is 9.84. The fourth-order valence-electron chi connectivity index (χ4n) is 0.895. The minimum absolute atomic E-state index is 0.0676. The standard InChI is InChI=1S/C9H7ClN2O/c1-2-8(13)7-4-3-6(5-11)12-9(7)10/h3-4H,2H2,1H3. The van der Waals surface area contributed by atoms with Crippen molar-refractivity contribution in [1.29, 1.82) is 5.26 Å². The number of carbonyl (C=O) groups excluding carboxylic acids is 1. The number of Topliss-reactive ketones (excluding diaryl/α,β-unsaturated/α-hetero) is 1. The van der Waals surface area contributed by atoms with Crippen LogP contribution < -0.4 is 0 Å². The molecule has 0 aliphatic heterocycles. The minimum Gasteiger partial charge on any atom is -0.294 e. The maximum atomic E-state index is 11.2. The molecule has 0 spiro atoms. The van der Waals surface area contributed by atoms with Crippen molar-refractivity contribution in [3.05, 3.63) is 28.5 Å². The van der Waals surface area contributed by atoms with Crippen LogP contribution in [0.3, 0.4) is 0 Å². The van der Waals surface area contributed by atoms with E-state index in [0.717, 1.165) is 0 Å². The van der Waals surface area contributed by atoms with E-state index in [2.05, 4.69) is 4.98 Å². The number of nitrogens with zero attached hydrogens (tertiary/aromatic N) is 2. The molecule has 1 rings (SSSR count). The predicted molar refractivity (Wildman–Crippen MR) is 48.6 cm³/mol. The molecule has 3 nitrogen and oxygen atoms in total. The summed E-state index contributed by atoms with van der Waals surface area (Å²) in [7, 11) is 0. The average Bonchev–Trinajstić information content (AvgIpc) is 2.16. The lowest BCUT2D eigenvalue weighted by atomic mass is 10.1. The van der Waals surface area contributed by atoms with Gasteiger partial charge >= 0.3 is 0 Å². The number of ketones is 1. The Bertz CT molecular complexity index is 382. The van der Waals surface area contributed by atoms with Crippen molar-refractivity contribution in [3.8, 4) is 6.07 Å². The largest absolute Gasteiger partial charge is 0.294 e. The predicted octanol–water partition coefficient (Wildman–Crippen LogP) is 2.20. The number of rotatable bonds is 2. The van der Waals surface area contributed by atoms with E-state index in [-0.39, 0.29) is 16.6 Å². The van der Waals surface area contributed by atoms with Crippen molar-refractivity contribution in [3.63, 3.8) is 0 Å². The topological polar surface area (TPSA) is 53.8 Å². The fourth-order valence-corrected chi connectivity index (χ4v) is 1.15. The third-order valence-electron chi connectivity index (χ3n) is 1.58. The number of hydrogen-bond donors (Lipinski definition) is 0. The molecule has 4 heteroatoms. The Morgan fingerprint density at radius 2 is 2.38 bits per heavy atom. The second-order valence-corrected chi connectivity index (χ2v) is 2.78. The molecule has 0 saturated heterocycles. The van der Waals surface area contributed by atoms with Crippen molar-refractivity contribution < 1.29 is 4.79 Å². The third kappa shape index (κ3) is 2.04. The highest BCUT2D eigenvalue weighted by Gasteiger charge is 2.09. The van der Waals surface area contributed by atoms with Gasteiger partial charge in [0, 0.05) is 6.42 Å². The molecule has 1 aromatic heterocycles. The first kappa shape index (κ1) is 9.69. The smallest absolute Gasteiger partial charge is 0.165 e. The molecular formula is C9H7ClN2O. The normalized spacial score (nSPS) is 9.31. The molecule has 0 aliphatic rings. The van der Waals surface area contributed by atoms with Gasteiger partial charge in [0.05, 0.1) is 5.56 Å². The fraction of sp³-hybridized carbons (Fsp3) is 0.222. The molecule has 0 unspecified atom stereocenters. The van der Waals surface area contributed by atoms with E-state index in [9.17, 15) is 4.79 Å². The van der Waals surface area contributed by atoms with Crippen LogP contribution in [0.15, 0.2) is 12.1 Å². The summed E-state index contributed by atoms with van der Waals surface area (Å²) in [6.45, 7) is 1.75. The first-order valence-corrected chi connectivity index (χ1v) is 4.16. The monoisotopic (exact) mass is 194 g/mol. The minimum atomic E-state index is -0.0676. The molecular weight excluding hydrogens is 188 g/mol. The van der Waals surface area contributed by atoms with E-state index in [1.807, 2.05) is 6.07 Å². The third-order valence-corrected chi connectivity index (χ3v) is 1.87. The molecule has 0 atom stereocenters. The molecule has 0 radical (unpaired) electrons. The second-order valence-electron chi connectivity index (χ2n) is 2.42. The highest BCUT2D eigenvalue weighted by Crippen LogP contribution is 2.15. The van der Waals surface area contributed by atoms with E-state index in [1.165, 1.54) is 12.1 Å². The zero-order valence-electron chi connectivity index (χ0n) is 7.04. The van der Waals surface area contributed by atoms with Crippen molar-refractivity contribution in [2.24, 2.45) is 0 Å². The van der Waals surface area contributed by atoms with Crippen molar-refractivity contribution in [2.75, 3.05) is 0 Å². The molecule has 0 bridgehead atoms. The second kappa shape index (κ2) is 4.01. The van der Waals surface area contributed by atoms with Crippen LogP contribution in [-0.2, 0) is 0 Å². The summed E-state index contributed by atoms with van der Waals surface area (Å²) in [4.78, 5) is 15.0. The van der Waals surface area contributed by atoms with Gasteiger partial charge in [-0.15, -0.1) is 0 Å². The summed E-state index contributed by atoms with van der Waals surface area (Å²) < 4.78 is 0. The van der Waals surface area contributed by atoms with Crippen LogP contribution >= 0.6 is 11.6 Å². The Balaban J connectivity index is 3.14. The Morgan fingerprint density at radius 1 is 1.69 bits per heavy atom.